The minimum Gasteiger partial charge on any atom is -0.493 e. The van der Waals surface area contributed by atoms with Crippen LogP contribution in [0.3, 0.4) is 0 Å². The molecule has 45 heavy (non-hydrogen) atoms. The van der Waals surface area contributed by atoms with E-state index in [1.807, 2.05) is 26.0 Å². The fraction of sp³-hybridized carbons (Fsp3) is 0.176. The van der Waals surface area contributed by atoms with Crippen LogP contribution in [0.5, 0.6) is 28.7 Å². The summed E-state index contributed by atoms with van der Waals surface area (Å²) < 4.78 is 27.2. The van der Waals surface area contributed by atoms with Gasteiger partial charge in [0.15, 0.2) is 23.0 Å². The van der Waals surface area contributed by atoms with Gasteiger partial charge >= 0.3 is 5.97 Å². The maximum atomic E-state index is 13.0. The van der Waals surface area contributed by atoms with Gasteiger partial charge in [0.2, 0.25) is 5.75 Å². The van der Waals surface area contributed by atoms with Crippen LogP contribution in [0.25, 0.3) is 0 Å². The van der Waals surface area contributed by atoms with Gasteiger partial charge in [-0.05, 0) is 80.1 Å². The summed E-state index contributed by atoms with van der Waals surface area (Å²) in [7, 11) is 4.39. The number of rotatable bonds is 12. The van der Waals surface area contributed by atoms with Crippen molar-refractivity contribution in [1.82, 2.24) is 5.43 Å². The normalized spacial score (nSPS) is 10.6. The lowest BCUT2D eigenvalue weighted by molar-refractivity contribution is 0.0728. The highest BCUT2D eigenvalue weighted by atomic mass is 16.6. The molecule has 0 unspecified atom stereocenters. The first-order valence-corrected chi connectivity index (χ1v) is 13.9. The van der Waals surface area contributed by atoms with Crippen molar-refractivity contribution in [2.24, 2.45) is 5.10 Å². The molecule has 2 N–H and O–H groups in total. The van der Waals surface area contributed by atoms with Crippen molar-refractivity contribution in [2.75, 3.05) is 33.3 Å². The minimum atomic E-state index is -0.508. The lowest BCUT2D eigenvalue weighted by Gasteiger charge is -2.14. The number of aryl methyl sites for hydroxylation is 1. The summed E-state index contributed by atoms with van der Waals surface area (Å²) >= 11 is 0. The number of esters is 1. The molecular formula is C34H33N3O8. The number of hydrazone groups is 1. The fourth-order valence-corrected chi connectivity index (χ4v) is 4.19. The Hall–Kier alpha value is -5.84. The van der Waals surface area contributed by atoms with Crippen molar-refractivity contribution in [2.45, 2.75) is 13.8 Å². The number of hydrogen-bond acceptors (Lipinski definition) is 9. The van der Waals surface area contributed by atoms with E-state index in [1.54, 1.807) is 48.5 Å². The molecule has 0 aliphatic heterocycles. The summed E-state index contributed by atoms with van der Waals surface area (Å²) in [6, 6.07) is 21.4. The second-order valence-corrected chi connectivity index (χ2v) is 9.54. The summed E-state index contributed by atoms with van der Waals surface area (Å²) in [5.74, 6) is 0.192. The van der Waals surface area contributed by atoms with Crippen LogP contribution in [0.2, 0.25) is 0 Å². The van der Waals surface area contributed by atoms with E-state index in [-0.39, 0.29) is 16.9 Å². The summed E-state index contributed by atoms with van der Waals surface area (Å²) in [5, 5.41) is 6.81. The average Bonchev–Trinajstić information content (AvgIpc) is 3.05. The summed E-state index contributed by atoms with van der Waals surface area (Å²) in [5.41, 5.74) is 5.45. The number of ether oxygens (including phenoxy) is 5. The van der Waals surface area contributed by atoms with Crippen LogP contribution in [-0.4, -0.2) is 51.9 Å². The van der Waals surface area contributed by atoms with Crippen molar-refractivity contribution in [3.05, 3.63) is 107 Å². The van der Waals surface area contributed by atoms with E-state index in [9.17, 15) is 14.4 Å². The van der Waals surface area contributed by atoms with Crippen LogP contribution in [0.1, 0.15) is 49.1 Å². The number of hydrogen-bond donors (Lipinski definition) is 2. The average molecular weight is 612 g/mol. The van der Waals surface area contributed by atoms with E-state index in [2.05, 4.69) is 15.8 Å². The predicted octanol–water partition coefficient (Wildman–Crippen LogP) is 5.65. The first-order chi connectivity index (χ1) is 21.8. The Bertz CT molecular complexity index is 1690. The van der Waals surface area contributed by atoms with Crippen LogP contribution in [-0.2, 0) is 0 Å². The molecule has 232 valence electrons. The molecular weight excluding hydrogens is 578 g/mol. The molecule has 0 atom stereocenters. The molecule has 0 spiro atoms. The van der Waals surface area contributed by atoms with Crippen molar-refractivity contribution in [3.63, 3.8) is 0 Å². The molecule has 0 saturated heterocycles. The van der Waals surface area contributed by atoms with E-state index in [0.717, 1.165) is 5.56 Å². The van der Waals surface area contributed by atoms with Gasteiger partial charge < -0.3 is 29.0 Å². The van der Waals surface area contributed by atoms with Gasteiger partial charge in [0.05, 0.1) is 39.7 Å². The number of methoxy groups -OCH3 is 3. The van der Waals surface area contributed by atoms with Gasteiger partial charge in [-0.25, -0.2) is 10.2 Å². The topological polar surface area (TPSA) is 134 Å². The molecule has 0 aromatic heterocycles. The molecule has 4 rings (SSSR count). The zero-order valence-corrected chi connectivity index (χ0v) is 25.5. The molecule has 0 radical (unpaired) electrons. The summed E-state index contributed by atoms with van der Waals surface area (Å²) in [6.45, 7) is 4.09. The zero-order chi connectivity index (χ0) is 32.3. The van der Waals surface area contributed by atoms with E-state index in [4.69, 9.17) is 23.7 Å². The van der Waals surface area contributed by atoms with Gasteiger partial charge in [-0.3, -0.25) is 9.59 Å². The lowest BCUT2D eigenvalue weighted by atomic mass is 10.1. The van der Waals surface area contributed by atoms with Crippen molar-refractivity contribution >= 4 is 29.7 Å². The van der Waals surface area contributed by atoms with E-state index < -0.39 is 17.8 Å². The highest BCUT2D eigenvalue weighted by Gasteiger charge is 2.18. The zero-order valence-electron chi connectivity index (χ0n) is 25.5. The third kappa shape index (κ3) is 8.17. The largest absolute Gasteiger partial charge is 0.493 e. The van der Waals surface area contributed by atoms with Crippen LogP contribution in [0, 0.1) is 6.92 Å². The number of nitrogens with one attached hydrogen (secondary N) is 2. The first-order valence-electron chi connectivity index (χ1n) is 13.9. The Labute approximate surface area is 260 Å². The van der Waals surface area contributed by atoms with Gasteiger partial charge in [0.25, 0.3) is 11.8 Å². The van der Waals surface area contributed by atoms with Crippen LogP contribution in [0.15, 0.2) is 84.0 Å². The smallest absolute Gasteiger partial charge is 0.343 e. The second kappa shape index (κ2) is 15.1. The first kappa shape index (κ1) is 32.1. The lowest BCUT2D eigenvalue weighted by Crippen LogP contribution is -2.18. The summed E-state index contributed by atoms with van der Waals surface area (Å²) in [6.07, 6.45) is 1.43. The Morgan fingerprint density at radius 3 is 2.09 bits per heavy atom. The standard InChI is InChI=1S/C34H33N3O8/c1-6-44-28-16-22(12-15-27(28)45-34(40)23-13-10-21(2)11-14-23)20-35-37-33(39)24-8-7-9-26(17-24)36-32(38)25-18-29(41-3)31(43-5)30(19-25)42-4/h7-20H,6H2,1-5H3,(H,36,38)(H,37,39). The second-order valence-electron chi connectivity index (χ2n) is 9.54. The SMILES string of the molecule is CCOc1cc(C=NNC(=O)c2cccc(NC(=O)c3cc(OC)c(OC)c(OC)c3)c2)ccc1OC(=O)c1ccc(C)cc1. The molecule has 0 fully saturated rings. The molecule has 0 aliphatic carbocycles. The number of nitrogens with zero attached hydrogens (tertiary/aromatic N) is 1. The van der Waals surface area contributed by atoms with Gasteiger partial charge in [-0.15, -0.1) is 0 Å². The Morgan fingerprint density at radius 2 is 1.44 bits per heavy atom. The maximum Gasteiger partial charge on any atom is 0.343 e. The van der Waals surface area contributed by atoms with Gasteiger partial charge in [0.1, 0.15) is 0 Å². The number of benzene rings is 4. The van der Waals surface area contributed by atoms with Gasteiger partial charge in [-0.1, -0.05) is 23.8 Å². The van der Waals surface area contributed by atoms with Gasteiger partial charge in [0, 0.05) is 16.8 Å². The minimum absolute atomic E-state index is 0.258. The number of carbonyl (C=O) groups is 3. The molecule has 0 saturated carbocycles. The Balaban J connectivity index is 1.41. The quantitative estimate of drug-likeness (QED) is 0.0908. The number of amides is 2. The molecule has 4 aromatic rings. The molecule has 0 aliphatic rings. The van der Waals surface area contributed by atoms with Crippen molar-refractivity contribution in [1.29, 1.82) is 0 Å². The molecule has 11 nitrogen and oxygen atoms in total. The third-order valence-corrected chi connectivity index (χ3v) is 6.45. The monoisotopic (exact) mass is 611 g/mol. The predicted molar refractivity (Wildman–Crippen MR) is 169 cm³/mol. The summed E-state index contributed by atoms with van der Waals surface area (Å²) in [4.78, 5) is 38.4. The molecule has 4 aromatic carbocycles. The number of carbonyl (C=O) groups excluding carboxylic acids is 3. The fourth-order valence-electron chi connectivity index (χ4n) is 4.19. The maximum absolute atomic E-state index is 13.0. The van der Waals surface area contributed by atoms with Crippen LogP contribution >= 0.6 is 0 Å². The van der Waals surface area contributed by atoms with Crippen LogP contribution in [0.4, 0.5) is 5.69 Å². The van der Waals surface area contributed by atoms with Crippen molar-refractivity contribution in [3.8, 4) is 28.7 Å². The van der Waals surface area contributed by atoms with Crippen molar-refractivity contribution < 1.29 is 38.1 Å². The third-order valence-electron chi connectivity index (χ3n) is 6.45. The number of anilines is 1. The molecule has 0 heterocycles. The molecule has 11 heteroatoms. The highest BCUT2D eigenvalue weighted by molar-refractivity contribution is 6.06. The van der Waals surface area contributed by atoms with Crippen LogP contribution < -0.4 is 34.4 Å². The Kier molecular flexibility index (Phi) is 10.7. The van der Waals surface area contributed by atoms with E-state index in [0.29, 0.717) is 46.4 Å². The Morgan fingerprint density at radius 1 is 0.733 bits per heavy atom. The van der Waals surface area contributed by atoms with E-state index >= 15 is 0 Å². The molecule has 0 bridgehead atoms. The van der Waals surface area contributed by atoms with E-state index in [1.165, 1.54) is 45.7 Å². The van der Waals surface area contributed by atoms with Gasteiger partial charge in [-0.2, -0.15) is 5.10 Å². The molecule has 2 amide bonds. The highest BCUT2D eigenvalue weighted by Crippen LogP contribution is 2.38.